The van der Waals surface area contributed by atoms with Crippen LogP contribution in [0.1, 0.15) is 25.1 Å². The predicted octanol–water partition coefficient (Wildman–Crippen LogP) is 2.15. The lowest BCUT2D eigenvalue weighted by atomic mass is 10.2. The second-order valence-electron chi connectivity index (χ2n) is 2.46. The number of aromatic nitrogens is 1. The largest absolute Gasteiger partial charge is 0.205 e. The van der Waals surface area contributed by atoms with Gasteiger partial charge in [-0.1, -0.05) is 13.8 Å². The molecule has 0 N–H and O–H groups in total. The van der Waals surface area contributed by atoms with Gasteiger partial charge in [0.1, 0.15) is 7.05 Å². The Morgan fingerprint density at radius 3 is 2.09 bits per heavy atom. The molecule has 0 atom stereocenters. The molecular formula is C10H18N+. The van der Waals surface area contributed by atoms with Crippen LogP contribution in [0.4, 0.5) is 0 Å². The van der Waals surface area contributed by atoms with Crippen LogP contribution in [0.5, 0.6) is 0 Å². The van der Waals surface area contributed by atoms with Gasteiger partial charge in [-0.3, -0.25) is 0 Å². The molecule has 0 radical (unpaired) electrons. The molecule has 1 heteroatoms. The average molecular weight is 152 g/mol. The van der Waals surface area contributed by atoms with Gasteiger partial charge < -0.3 is 0 Å². The van der Waals surface area contributed by atoms with Gasteiger partial charge >= 0.3 is 0 Å². The highest BCUT2D eigenvalue weighted by Gasteiger charge is 1.96. The van der Waals surface area contributed by atoms with Crippen LogP contribution in [-0.4, -0.2) is 0 Å². The molecular weight excluding hydrogens is 134 g/mol. The van der Waals surface area contributed by atoms with E-state index < -0.39 is 0 Å². The second kappa shape index (κ2) is 4.89. The van der Waals surface area contributed by atoms with E-state index in [4.69, 9.17) is 0 Å². The van der Waals surface area contributed by atoms with Crippen molar-refractivity contribution in [3.8, 4) is 0 Å². The molecule has 0 aliphatic rings. The van der Waals surface area contributed by atoms with Gasteiger partial charge in [-0.15, -0.1) is 0 Å². The molecule has 0 spiro atoms. The van der Waals surface area contributed by atoms with E-state index in [0.717, 1.165) is 0 Å². The van der Waals surface area contributed by atoms with Gasteiger partial charge in [0.25, 0.3) is 0 Å². The van der Waals surface area contributed by atoms with Gasteiger partial charge in [-0.05, 0) is 12.5 Å². The van der Waals surface area contributed by atoms with Crippen LogP contribution >= 0.6 is 0 Å². The number of aryl methyl sites for hydroxylation is 3. The smallest absolute Gasteiger partial charge is 0.178 e. The van der Waals surface area contributed by atoms with Crippen LogP contribution < -0.4 is 4.57 Å². The molecule has 1 rings (SSSR count). The molecule has 0 unspecified atom stereocenters. The Morgan fingerprint density at radius 1 is 1.18 bits per heavy atom. The van der Waals surface area contributed by atoms with E-state index in [-0.39, 0.29) is 0 Å². The summed E-state index contributed by atoms with van der Waals surface area (Å²) in [6.07, 6.45) is 2.07. The summed E-state index contributed by atoms with van der Waals surface area (Å²) in [6, 6.07) is 4.27. The standard InChI is InChI=1S/C8H12N.C2H6/c1-7-4-5-9(3)8(2)6-7;1-2/h4-6H,1-3H3;1-2H3/q+1;. The zero-order valence-corrected chi connectivity index (χ0v) is 8.18. The zero-order valence-electron chi connectivity index (χ0n) is 8.18. The van der Waals surface area contributed by atoms with E-state index in [9.17, 15) is 0 Å². The fourth-order valence-corrected chi connectivity index (χ4v) is 0.826. The Bertz CT molecular complexity index is 216. The average Bonchev–Trinajstić information content (AvgIpc) is 2.02. The van der Waals surface area contributed by atoms with Crippen LogP contribution in [0, 0.1) is 13.8 Å². The highest BCUT2D eigenvalue weighted by Crippen LogP contribution is 1.94. The van der Waals surface area contributed by atoms with E-state index in [2.05, 4.69) is 43.8 Å². The summed E-state index contributed by atoms with van der Waals surface area (Å²) in [4.78, 5) is 0. The van der Waals surface area contributed by atoms with Gasteiger partial charge in [-0.25, -0.2) is 4.57 Å². The third-order valence-corrected chi connectivity index (χ3v) is 1.55. The fraction of sp³-hybridized carbons (Fsp3) is 0.500. The predicted molar refractivity (Wildman–Crippen MR) is 48.4 cm³/mol. The van der Waals surface area contributed by atoms with E-state index in [1.165, 1.54) is 11.3 Å². The lowest BCUT2D eigenvalue weighted by Gasteiger charge is -1.92. The Morgan fingerprint density at radius 2 is 1.73 bits per heavy atom. The molecule has 0 amide bonds. The molecule has 11 heavy (non-hydrogen) atoms. The van der Waals surface area contributed by atoms with Crippen LogP contribution in [0.2, 0.25) is 0 Å². The summed E-state index contributed by atoms with van der Waals surface area (Å²) in [5.41, 5.74) is 2.63. The van der Waals surface area contributed by atoms with Crippen molar-refractivity contribution in [2.24, 2.45) is 7.05 Å². The van der Waals surface area contributed by atoms with Gasteiger partial charge in [-0.2, -0.15) is 0 Å². The summed E-state index contributed by atoms with van der Waals surface area (Å²) in [5, 5.41) is 0. The number of pyridine rings is 1. The van der Waals surface area contributed by atoms with Crippen molar-refractivity contribution >= 4 is 0 Å². The van der Waals surface area contributed by atoms with E-state index in [0.29, 0.717) is 0 Å². The summed E-state index contributed by atoms with van der Waals surface area (Å²) < 4.78 is 2.10. The number of nitrogens with zero attached hydrogens (tertiary/aromatic N) is 1. The van der Waals surface area contributed by atoms with Gasteiger partial charge in [0.05, 0.1) is 0 Å². The highest BCUT2D eigenvalue weighted by atomic mass is 14.9. The second-order valence-corrected chi connectivity index (χ2v) is 2.46. The van der Waals surface area contributed by atoms with Crippen LogP contribution in [-0.2, 0) is 7.05 Å². The minimum atomic E-state index is 1.30. The molecule has 1 aromatic heterocycles. The Hall–Kier alpha value is -0.850. The summed E-state index contributed by atoms with van der Waals surface area (Å²) in [7, 11) is 2.05. The minimum absolute atomic E-state index is 1.30. The maximum absolute atomic E-state index is 2.17. The Labute approximate surface area is 69.7 Å². The summed E-state index contributed by atoms with van der Waals surface area (Å²) in [5.74, 6) is 0. The summed E-state index contributed by atoms with van der Waals surface area (Å²) >= 11 is 0. The maximum atomic E-state index is 2.17. The molecule has 1 heterocycles. The minimum Gasteiger partial charge on any atom is -0.205 e. The first-order chi connectivity index (χ1) is 5.20. The maximum Gasteiger partial charge on any atom is 0.178 e. The molecule has 0 aliphatic carbocycles. The Kier molecular flexibility index (Phi) is 4.51. The van der Waals surface area contributed by atoms with E-state index >= 15 is 0 Å². The first-order valence-corrected chi connectivity index (χ1v) is 4.13. The van der Waals surface area contributed by atoms with Crippen molar-refractivity contribution in [1.82, 2.24) is 0 Å². The van der Waals surface area contributed by atoms with Crippen molar-refractivity contribution in [2.75, 3.05) is 0 Å². The van der Waals surface area contributed by atoms with Crippen LogP contribution in [0.15, 0.2) is 18.3 Å². The molecule has 62 valence electrons. The zero-order chi connectivity index (χ0) is 8.85. The molecule has 0 aromatic carbocycles. The Balaban J connectivity index is 0.000000461. The topological polar surface area (TPSA) is 3.88 Å². The molecule has 1 nitrogen and oxygen atoms in total. The molecule has 0 saturated heterocycles. The molecule has 0 bridgehead atoms. The third kappa shape index (κ3) is 3.17. The van der Waals surface area contributed by atoms with Crippen molar-refractivity contribution in [3.63, 3.8) is 0 Å². The lowest BCUT2D eigenvalue weighted by Crippen LogP contribution is -2.30. The van der Waals surface area contributed by atoms with E-state index in [1.54, 1.807) is 0 Å². The van der Waals surface area contributed by atoms with Crippen molar-refractivity contribution in [1.29, 1.82) is 0 Å². The first-order valence-electron chi connectivity index (χ1n) is 4.13. The van der Waals surface area contributed by atoms with Gasteiger partial charge in [0.15, 0.2) is 11.9 Å². The SMILES string of the molecule is CC.Cc1cc[n+](C)c(C)c1. The highest BCUT2D eigenvalue weighted by molar-refractivity contribution is 5.08. The lowest BCUT2D eigenvalue weighted by molar-refractivity contribution is -0.677. The normalized spacial score (nSPS) is 8.45. The van der Waals surface area contributed by atoms with Crippen LogP contribution in [0.25, 0.3) is 0 Å². The van der Waals surface area contributed by atoms with Crippen LogP contribution in [0.3, 0.4) is 0 Å². The van der Waals surface area contributed by atoms with Crippen molar-refractivity contribution in [3.05, 3.63) is 29.6 Å². The van der Waals surface area contributed by atoms with Gasteiger partial charge in [0, 0.05) is 19.1 Å². The van der Waals surface area contributed by atoms with Crippen molar-refractivity contribution in [2.45, 2.75) is 27.7 Å². The molecule has 1 aromatic rings. The molecule has 0 aliphatic heterocycles. The summed E-state index contributed by atoms with van der Waals surface area (Å²) in [6.45, 7) is 8.21. The molecule has 0 saturated carbocycles. The van der Waals surface area contributed by atoms with Crippen molar-refractivity contribution < 1.29 is 4.57 Å². The third-order valence-electron chi connectivity index (χ3n) is 1.55. The monoisotopic (exact) mass is 152 g/mol. The van der Waals surface area contributed by atoms with E-state index in [1.807, 2.05) is 13.8 Å². The first kappa shape index (κ1) is 10.2. The number of rotatable bonds is 0. The quantitative estimate of drug-likeness (QED) is 0.501. The fourth-order valence-electron chi connectivity index (χ4n) is 0.826. The van der Waals surface area contributed by atoms with Gasteiger partial charge in [0.2, 0.25) is 0 Å². The number of hydrogen-bond acceptors (Lipinski definition) is 0. The molecule has 0 fully saturated rings. The number of hydrogen-bond donors (Lipinski definition) is 0.